The number of nitrogens with one attached hydrogen (secondary N) is 1. The lowest BCUT2D eigenvalue weighted by Crippen LogP contribution is -2.29. The van der Waals surface area contributed by atoms with Gasteiger partial charge in [-0.2, -0.15) is 0 Å². The third kappa shape index (κ3) is 4.23. The van der Waals surface area contributed by atoms with Crippen molar-refractivity contribution in [3.05, 3.63) is 89.6 Å². The molecule has 1 unspecified atom stereocenters. The maximum Gasteiger partial charge on any atom is 0.291 e. The highest BCUT2D eigenvalue weighted by atomic mass is 19.1. The highest BCUT2D eigenvalue weighted by Crippen LogP contribution is 2.22. The summed E-state index contributed by atoms with van der Waals surface area (Å²) in [6, 6.07) is 15.7. The first-order chi connectivity index (χ1) is 13.0. The van der Waals surface area contributed by atoms with Gasteiger partial charge in [0, 0.05) is 18.3 Å². The van der Waals surface area contributed by atoms with Crippen molar-refractivity contribution in [3.63, 3.8) is 0 Å². The van der Waals surface area contributed by atoms with Crippen molar-refractivity contribution in [3.8, 4) is 0 Å². The zero-order valence-corrected chi connectivity index (χ0v) is 15.0. The van der Waals surface area contributed by atoms with Gasteiger partial charge in [-0.05, 0) is 61.0 Å². The number of rotatable bonds is 5. The second-order valence-corrected chi connectivity index (χ2v) is 6.15. The number of halogens is 1. The Hall–Kier alpha value is -3.41. The van der Waals surface area contributed by atoms with Crippen LogP contribution in [0.25, 0.3) is 0 Å². The van der Waals surface area contributed by atoms with Crippen LogP contribution in [-0.2, 0) is 0 Å². The third-order valence-corrected chi connectivity index (χ3v) is 4.39. The van der Waals surface area contributed by atoms with Crippen molar-refractivity contribution in [1.29, 1.82) is 0 Å². The van der Waals surface area contributed by atoms with Crippen molar-refractivity contribution < 1.29 is 18.4 Å². The molecular formula is C21H19FN2O3. The fraction of sp³-hybridized carbons (Fsp3) is 0.143. The summed E-state index contributed by atoms with van der Waals surface area (Å²) in [6.07, 6.45) is 1.43. The van der Waals surface area contributed by atoms with E-state index in [0.29, 0.717) is 11.3 Å². The first kappa shape index (κ1) is 18.4. The number of hydrogen-bond donors (Lipinski definition) is 1. The Balaban J connectivity index is 1.67. The minimum atomic E-state index is -0.360. The average molecular weight is 366 g/mol. The summed E-state index contributed by atoms with van der Waals surface area (Å²) in [7, 11) is 1.70. The number of carbonyl (C=O) groups is 2. The van der Waals surface area contributed by atoms with E-state index in [2.05, 4.69) is 5.32 Å². The van der Waals surface area contributed by atoms with Gasteiger partial charge in [0.05, 0.1) is 12.3 Å². The zero-order valence-electron chi connectivity index (χ0n) is 15.0. The summed E-state index contributed by atoms with van der Waals surface area (Å²) in [5.74, 6) is -0.632. The molecule has 0 saturated carbocycles. The quantitative estimate of drug-likeness (QED) is 0.723. The molecule has 1 N–H and O–H groups in total. The molecule has 0 fully saturated rings. The summed E-state index contributed by atoms with van der Waals surface area (Å²) >= 11 is 0. The number of furan rings is 1. The van der Waals surface area contributed by atoms with Gasteiger partial charge in [-0.25, -0.2) is 4.39 Å². The first-order valence-electron chi connectivity index (χ1n) is 8.43. The van der Waals surface area contributed by atoms with Crippen LogP contribution in [0.2, 0.25) is 0 Å². The average Bonchev–Trinajstić information content (AvgIpc) is 3.22. The molecular weight excluding hydrogens is 347 g/mol. The van der Waals surface area contributed by atoms with Gasteiger partial charge in [-0.3, -0.25) is 9.59 Å². The standard InChI is InChI=1S/C21H19FN2O3/c1-14(15-5-9-17(22)10-6-15)24(2)21(26)16-7-11-18(12-8-16)23-20(25)19-4-3-13-27-19/h3-14H,1-2H3,(H,23,25). The molecule has 27 heavy (non-hydrogen) atoms. The zero-order chi connectivity index (χ0) is 19.4. The Labute approximate surface area is 156 Å². The van der Waals surface area contributed by atoms with E-state index in [4.69, 9.17) is 4.42 Å². The van der Waals surface area contributed by atoms with E-state index in [0.717, 1.165) is 5.56 Å². The van der Waals surface area contributed by atoms with Crippen LogP contribution < -0.4 is 5.32 Å². The monoisotopic (exact) mass is 366 g/mol. The molecule has 1 heterocycles. The van der Waals surface area contributed by atoms with Gasteiger partial charge in [0.1, 0.15) is 5.82 Å². The van der Waals surface area contributed by atoms with Crippen molar-refractivity contribution in [2.45, 2.75) is 13.0 Å². The number of benzene rings is 2. The summed E-state index contributed by atoms with van der Waals surface area (Å²) in [5, 5.41) is 2.70. The summed E-state index contributed by atoms with van der Waals surface area (Å²) in [6.45, 7) is 1.88. The molecule has 0 aliphatic heterocycles. The highest BCUT2D eigenvalue weighted by molar-refractivity contribution is 6.02. The smallest absolute Gasteiger partial charge is 0.291 e. The van der Waals surface area contributed by atoms with Crippen LogP contribution in [-0.4, -0.2) is 23.8 Å². The molecule has 0 bridgehead atoms. The fourth-order valence-electron chi connectivity index (χ4n) is 2.64. The lowest BCUT2D eigenvalue weighted by atomic mass is 10.1. The second kappa shape index (κ2) is 7.86. The Kier molecular flexibility index (Phi) is 5.35. The minimum absolute atomic E-state index is 0.171. The second-order valence-electron chi connectivity index (χ2n) is 6.15. The molecule has 3 aromatic rings. The van der Waals surface area contributed by atoms with E-state index in [-0.39, 0.29) is 29.4 Å². The number of hydrogen-bond acceptors (Lipinski definition) is 3. The van der Waals surface area contributed by atoms with Crippen LogP contribution >= 0.6 is 0 Å². The van der Waals surface area contributed by atoms with E-state index in [1.165, 1.54) is 18.4 Å². The Bertz CT molecular complexity index is 919. The Morgan fingerprint density at radius 3 is 2.30 bits per heavy atom. The van der Waals surface area contributed by atoms with Crippen LogP contribution in [0.4, 0.5) is 10.1 Å². The molecule has 138 valence electrons. The van der Waals surface area contributed by atoms with Crippen molar-refractivity contribution >= 4 is 17.5 Å². The van der Waals surface area contributed by atoms with Crippen molar-refractivity contribution in [2.24, 2.45) is 0 Å². The van der Waals surface area contributed by atoms with Gasteiger partial charge < -0.3 is 14.6 Å². The molecule has 3 rings (SSSR count). The maximum absolute atomic E-state index is 13.1. The first-order valence-corrected chi connectivity index (χ1v) is 8.43. The Morgan fingerprint density at radius 1 is 1.04 bits per heavy atom. The summed E-state index contributed by atoms with van der Waals surface area (Å²) in [5.41, 5.74) is 1.89. The third-order valence-electron chi connectivity index (χ3n) is 4.39. The number of anilines is 1. The lowest BCUT2D eigenvalue weighted by Gasteiger charge is -2.25. The normalized spacial score (nSPS) is 11.7. The van der Waals surface area contributed by atoms with Gasteiger partial charge in [0.2, 0.25) is 0 Å². The van der Waals surface area contributed by atoms with Gasteiger partial charge in [-0.15, -0.1) is 0 Å². The molecule has 5 nitrogen and oxygen atoms in total. The van der Waals surface area contributed by atoms with E-state index >= 15 is 0 Å². The van der Waals surface area contributed by atoms with Crippen LogP contribution in [0.15, 0.2) is 71.3 Å². The molecule has 1 aromatic heterocycles. The molecule has 2 amide bonds. The van der Waals surface area contributed by atoms with E-state index in [9.17, 15) is 14.0 Å². The number of carbonyl (C=O) groups excluding carboxylic acids is 2. The molecule has 0 aliphatic carbocycles. The molecule has 0 aliphatic rings. The van der Waals surface area contributed by atoms with Gasteiger partial charge >= 0.3 is 0 Å². The van der Waals surface area contributed by atoms with E-state index in [1.807, 2.05) is 6.92 Å². The predicted octanol–water partition coefficient (Wildman–Crippen LogP) is 4.50. The van der Waals surface area contributed by atoms with Crippen LogP contribution in [0, 0.1) is 5.82 Å². The maximum atomic E-state index is 13.1. The molecule has 0 spiro atoms. The molecule has 1 atom stereocenters. The largest absolute Gasteiger partial charge is 0.459 e. The lowest BCUT2D eigenvalue weighted by molar-refractivity contribution is 0.0742. The van der Waals surface area contributed by atoms with Gasteiger partial charge in [0.25, 0.3) is 11.8 Å². The topological polar surface area (TPSA) is 62.6 Å². The SMILES string of the molecule is CC(c1ccc(F)cc1)N(C)C(=O)c1ccc(NC(=O)c2ccco2)cc1. The Morgan fingerprint density at radius 2 is 1.70 bits per heavy atom. The number of amides is 2. The summed E-state index contributed by atoms with van der Waals surface area (Å²) in [4.78, 5) is 26.2. The van der Waals surface area contributed by atoms with Crippen LogP contribution in [0.1, 0.15) is 39.4 Å². The minimum Gasteiger partial charge on any atom is -0.459 e. The fourth-order valence-corrected chi connectivity index (χ4v) is 2.64. The van der Waals surface area contributed by atoms with E-state index in [1.54, 1.807) is 60.5 Å². The van der Waals surface area contributed by atoms with Crippen molar-refractivity contribution in [1.82, 2.24) is 4.90 Å². The molecule has 2 aromatic carbocycles. The van der Waals surface area contributed by atoms with Crippen LogP contribution in [0.5, 0.6) is 0 Å². The highest BCUT2D eigenvalue weighted by Gasteiger charge is 2.19. The number of nitrogens with zero attached hydrogens (tertiary/aromatic N) is 1. The van der Waals surface area contributed by atoms with E-state index < -0.39 is 0 Å². The molecule has 6 heteroatoms. The molecule has 0 saturated heterocycles. The predicted molar refractivity (Wildman–Crippen MR) is 100 cm³/mol. The van der Waals surface area contributed by atoms with Crippen molar-refractivity contribution in [2.75, 3.05) is 12.4 Å². The molecule has 0 radical (unpaired) electrons. The van der Waals surface area contributed by atoms with Gasteiger partial charge in [0.15, 0.2) is 5.76 Å². The van der Waals surface area contributed by atoms with Crippen LogP contribution in [0.3, 0.4) is 0 Å². The summed E-state index contributed by atoms with van der Waals surface area (Å²) < 4.78 is 18.1. The van der Waals surface area contributed by atoms with Gasteiger partial charge in [-0.1, -0.05) is 12.1 Å².